The summed E-state index contributed by atoms with van der Waals surface area (Å²) in [4.78, 5) is 24.4. The molecule has 0 bridgehead atoms. The van der Waals surface area contributed by atoms with Gasteiger partial charge < -0.3 is 14.2 Å². The van der Waals surface area contributed by atoms with Crippen molar-refractivity contribution in [2.24, 2.45) is 0 Å². The first-order valence-electron chi connectivity index (χ1n) is 8.80. The molecule has 28 heavy (non-hydrogen) atoms. The molecule has 3 aromatic carbocycles. The van der Waals surface area contributed by atoms with Crippen LogP contribution in [0, 0.1) is 0 Å². The van der Waals surface area contributed by atoms with Gasteiger partial charge in [0.1, 0.15) is 17.9 Å². The second-order valence-corrected chi connectivity index (χ2v) is 5.97. The Morgan fingerprint density at radius 3 is 2.07 bits per heavy atom. The minimum Gasteiger partial charge on any atom is -0.488 e. The smallest absolute Gasteiger partial charge is 0.341 e. The van der Waals surface area contributed by atoms with Crippen molar-refractivity contribution in [1.29, 1.82) is 0 Å². The van der Waals surface area contributed by atoms with E-state index in [0.717, 1.165) is 5.56 Å². The van der Waals surface area contributed by atoms with Crippen LogP contribution in [-0.2, 0) is 9.47 Å². The molecule has 0 heterocycles. The van der Waals surface area contributed by atoms with Gasteiger partial charge in [-0.3, -0.25) is 0 Å². The van der Waals surface area contributed by atoms with E-state index in [4.69, 9.17) is 14.2 Å². The van der Waals surface area contributed by atoms with Gasteiger partial charge in [-0.15, -0.1) is 0 Å². The summed E-state index contributed by atoms with van der Waals surface area (Å²) >= 11 is 0. The third-order valence-corrected chi connectivity index (χ3v) is 4.11. The second kappa shape index (κ2) is 9.37. The summed E-state index contributed by atoms with van der Waals surface area (Å²) < 4.78 is 16.3. The fourth-order valence-corrected chi connectivity index (χ4v) is 2.67. The number of ether oxygens (including phenoxy) is 3. The topological polar surface area (TPSA) is 61.8 Å². The Hall–Kier alpha value is -3.60. The van der Waals surface area contributed by atoms with Gasteiger partial charge in [0.25, 0.3) is 0 Å². The Bertz CT molecular complexity index is 922. The molecular weight excluding hydrogens is 356 g/mol. The molecule has 0 saturated carbocycles. The number of hydrogen-bond acceptors (Lipinski definition) is 5. The van der Waals surface area contributed by atoms with Crippen LogP contribution in [0.5, 0.6) is 5.75 Å². The largest absolute Gasteiger partial charge is 0.488 e. The number of benzene rings is 3. The lowest BCUT2D eigenvalue weighted by Crippen LogP contribution is -2.19. The molecule has 0 amide bonds. The molecule has 3 aromatic rings. The Balaban J connectivity index is 1.79. The monoisotopic (exact) mass is 376 g/mol. The van der Waals surface area contributed by atoms with E-state index in [9.17, 15) is 9.59 Å². The first-order valence-corrected chi connectivity index (χ1v) is 8.80. The van der Waals surface area contributed by atoms with E-state index < -0.39 is 18.0 Å². The summed E-state index contributed by atoms with van der Waals surface area (Å²) in [6, 6.07) is 24.9. The highest BCUT2D eigenvalue weighted by atomic mass is 16.6. The zero-order chi connectivity index (χ0) is 19.8. The number of carbonyl (C=O) groups is 2. The minimum absolute atomic E-state index is 0.0522. The zero-order valence-corrected chi connectivity index (χ0v) is 15.4. The second-order valence-electron chi connectivity index (χ2n) is 5.97. The molecule has 142 valence electrons. The standard InChI is InChI=1S/C23H20O5/c1-26-23(25)19-14-8-9-15-20(19)27-16-21(17-10-4-2-5-11-17)28-22(24)18-12-6-3-7-13-18/h2-15,21H,16H2,1H3. The van der Waals surface area contributed by atoms with E-state index in [2.05, 4.69) is 0 Å². The lowest BCUT2D eigenvalue weighted by atomic mass is 10.1. The SMILES string of the molecule is COC(=O)c1ccccc1OCC(OC(=O)c1ccccc1)c1ccccc1. The summed E-state index contributed by atoms with van der Waals surface area (Å²) in [6.45, 7) is 0.0522. The summed E-state index contributed by atoms with van der Waals surface area (Å²) in [5.74, 6) is -0.571. The van der Waals surface area contributed by atoms with Gasteiger partial charge in [-0.1, -0.05) is 60.7 Å². The molecule has 1 unspecified atom stereocenters. The number of para-hydroxylation sites is 1. The molecule has 3 rings (SSSR count). The molecule has 0 spiro atoms. The normalized spacial score (nSPS) is 11.3. The maximum absolute atomic E-state index is 12.5. The van der Waals surface area contributed by atoms with Crippen molar-refractivity contribution in [3.8, 4) is 5.75 Å². The van der Waals surface area contributed by atoms with Gasteiger partial charge >= 0.3 is 11.9 Å². The van der Waals surface area contributed by atoms with E-state index >= 15 is 0 Å². The highest BCUT2D eigenvalue weighted by molar-refractivity contribution is 5.92. The number of methoxy groups -OCH3 is 1. The first kappa shape index (κ1) is 19.2. The summed E-state index contributed by atoms with van der Waals surface area (Å²) in [6.07, 6.45) is -0.639. The Morgan fingerprint density at radius 2 is 1.39 bits per heavy atom. The molecule has 0 fully saturated rings. The van der Waals surface area contributed by atoms with Crippen molar-refractivity contribution in [2.75, 3.05) is 13.7 Å². The maximum atomic E-state index is 12.5. The van der Waals surface area contributed by atoms with Gasteiger partial charge in [-0.2, -0.15) is 0 Å². The first-order chi connectivity index (χ1) is 13.7. The van der Waals surface area contributed by atoms with Crippen LogP contribution in [0.2, 0.25) is 0 Å². The third-order valence-electron chi connectivity index (χ3n) is 4.11. The molecule has 0 aliphatic carbocycles. The van der Waals surface area contributed by atoms with Crippen molar-refractivity contribution in [3.05, 3.63) is 102 Å². The van der Waals surface area contributed by atoms with Crippen molar-refractivity contribution < 1.29 is 23.8 Å². The predicted octanol–water partition coefficient (Wildman–Crippen LogP) is 4.45. The molecule has 0 radical (unpaired) electrons. The predicted molar refractivity (Wildman–Crippen MR) is 104 cm³/mol. The van der Waals surface area contributed by atoms with Crippen LogP contribution in [0.1, 0.15) is 32.4 Å². The highest BCUT2D eigenvalue weighted by Crippen LogP contribution is 2.24. The molecule has 5 nitrogen and oxygen atoms in total. The van der Waals surface area contributed by atoms with Crippen molar-refractivity contribution >= 4 is 11.9 Å². The Labute approximate surface area is 163 Å². The maximum Gasteiger partial charge on any atom is 0.341 e. The quantitative estimate of drug-likeness (QED) is 0.570. The summed E-state index contributed by atoms with van der Waals surface area (Å²) in [5, 5.41) is 0. The molecule has 0 aromatic heterocycles. The summed E-state index contributed by atoms with van der Waals surface area (Å²) in [7, 11) is 1.31. The number of rotatable bonds is 7. The number of hydrogen-bond donors (Lipinski definition) is 0. The van der Waals surface area contributed by atoms with Gasteiger partial charge in [0.2, 0.25) is 0 Å². The van der Waals surface area contributed by atoms with Crippen LogP contribution in [-0.4, -0.2) is 25.7 Å². The third kappa shape index (κ3) is 4.76. The van der Waals surface area contributed by atoms with Gasteiger partial charge in [0, 0.05) is 0 Å². The van der Waals surface area contributed by atoms with Crippen LogP contribution in [0.25, 0.3) is 0 Å². The molecule has 0 aliphatic heterocycles. The molecule has 0 saturated heterocycles. The average Bonchev–Trinajstić information content (AvgIpc) is 2.77. The lowest BCUT2D eigenvalue weighted by molar-refractivity contribution is 0.0164. The fourth-order valence-electron chi connectivity index (χ4n) is 2.67. The van der Waals surface area contributed by atoms with E-state index in [0.29, 0.717) is 16.9 Å². The molecule has 0 aliphatic rings. The van der Waals surface area contributed by atoms with E-state index in [1.807, 2.05) is 36.4 Å². The minimum atomic E-state index is -0.639. The number of esters is 2. The van der Waals surface area contributed by atoms with Crippen LogP contribution >= 0.6 is 0 Å². The van der Waals surface area contributed by atoms with E-state index in [1.165, 1.54) is 7.11 Å². The van der Waals surface area contributed by atoms with Crippen LogP contribution in [0.4, 0.5) is 0 Å². The fraction of sp³-hybridized carbons (Fsp3) is 0.130. The van der Waals surface area contributed by atoms with Crippen LogP contribution in [0.3, 0.4) is 0 Å². The van der Waals surface area contributed by atoms with Gasteiger partial charge in [0.05, 0.1) is 12.7 Å². The Morgan fingerprint density at radius 1 is 0.786 bits per heavy atom. The summed E-state index contributed by atoms with van der Waals surface area (Å²) in [5.41, 5.74) is 1.56. The van der Waals surface area contributed by atoms with Crippen molar-refractivity contribution in [3.63, 3.8) is 0 Å². The Kier molecular flexibility index (Phi) is 6.41. The van der Waals surface area contributed by atoms with Crippen molar-refractivity contribution in [1.82, 2.24) is 0 Å². The van der Waals surface area contributed by atoms with E-state index in [-0.39, 0.29) is 6.61 Å². The molecular formula is C23H20O5. The zero-order valence-electron chi connectivity index (χ0n) is 15.4. The van der Waals surface area contributed by atoms with Gasteiger partial charge in [-0.05, 0) is 29.8 Å². The van der Waals surface area contributed by atoms with Gasteiger partial charge in [0.15, 0.2) is 6.10 Å². The van der Waals surface area contributed by atoms with E-state index in [1.54, 1.807) is 48.5 Å². The number of carbonyl (C=O) groups excluding carboxylic acids is 2. The molecule has 1 atom stereocenters. The highest BCUT2D eigenvalue weighted by Gasteiger charge is 2.20. The lowest BCUT2D eigenvalue weighted by Gasteiger charge is -2.20. The van der Waals surface area contributed by atoms with Crippen LogP contribution < -0.4 is 4.74 Å². The molecule has 5 heteroatoms. The molecule has 0 N–H and O–H groups in total. The van der Waals surface area contributed by atoms with Crippen molar-refractivity contribution in [2.45, 2.75) is 6.10 Å². The average molecular weight is 376 g/mol. The van der Waals surface area contributed by atoms with Gasteiger partial charge in [-0.25, -0.2) is 9.59 Å². The van der Waals surface area contributed by atoms with Crippen LogP contribution in [0.15, 0.2) is 84.9 Å².